The molecule has 1 aliphatic heterocycles. The number of amides is 1. The molecular formula is C13H12F5NO. The summed E-state index contributed by atoms with van der Waals surface area (Å²) >= 11 is 0. The van der Waals surface area contributed by atoms with Gasteiger partial charge in [-0.2, -0.15) is 0 Å². The predicted octanol–water partition coefficient (Wildman–Crippen LogP) is 3.40. The smallest absolute Gasteiger partial charge is 0.260 e. The molecule has 20 heavy (non-hydrogen) atoms. The molecule has 0 unspecified atom stereocenters. The Morgan fingerprint density at radius 1 is 0.950 bits per heavy atom. The first-order valence-corrected chi connectivity index (χ1v) is 6.18. The molecule has 7 heteroatoms. The van der Waals surface area contributed by atoms with Crippen molar-refractivity contribution in [3.05, 3.63) is 34.6 Å². The molecule has 1 aromatic rings. The van der Waals surface area contributed by atoms with E-state index in [0.29, 0.717) is 12.8 Å². The van der Waals surface area contributed by atoms with Gasteiger partial charge in [-0.3, -0.25) is 4.79 Å². The van der Waals surface area contributed by atoms with Crippen molar-refractivity contribution in [1.29, 1.82) is 0 Å². The summed E-state index contributed by atoms with van der Waals surface area (Å²) in [7, 11) is 0. The molecule has 0 N–H and O–H groups in total. The third-order valence-electron chi connectivity index (χ3n) is 3.49. The zero-order valence-corrected chi connectivity index (χ0v) is 10.7. The van der Waals surface area contributed by atoms with Crippen molar-refractivity contribution in [3.8, 4) is 0 Å². The van der Waals surface area contributed by atoms with Gasteiger partial charge in [0.15, 0.2) is 23.3 Å². The Labute approximate surface area is 112 Å². The Morgan fingerprint density at radius 2 is 1.45 bits per heavy atom. The molecule has 1 fully saturated rings. The Morgan fingerprint density at radius 3 is 1.95 bits per heavy atom. The Kier molecular flexibility index (Phi) is 3.96. The summed E-state index contributed by atoms with van der Waals surface area (Å²) < 4.78 is 66.3. The number of nitrogens with zero attached hydrogens (tertiary/aromatic N) is 1. The van der Waals surface area contributed by atoms with Crippen LogP contribution in [-0.4, -0.2) is 23.4 Å². The lowest BCUT2D eigenvalue weighted by atomic mass is 10.0. The van der Waals surface area contributed by atoms with Crippen molar-refractivity contribution in [2.45, 2.75) is 32.2 Å². The summed E-state index contributed by atoms with van der Waals surface area (Å²) in [4.78, 5) is 13.2. The van der Waals surface area contributed by atoms with Crippen LogP contribution < -0.4 is 0 Å². The van der Waals surface area contributed by atoms with Crippen LogP contribution in [-0.2, 0) is 0 Å². The van der Waals surface area contributed by atoms with Gasteiger partial charge in [-0.15, -0.1) is 0 Å². The molecule has 1 saturated heterocycles. The number of carbonyl (C=O) groups is 1. The lowest BCUT2D eigenvalue weighted by Crippen LogP contribution is -2.43. The van der Waals surface area contributed by atoms with E-state index in [1.807, 2.05) is 0 Å². The molecule has 0 aliphatic carbocycles. The second kappa shape index (κ2) is 5.38. The van der Waals surface area contributed by atoms with E-state index in [-0.39, 0.29) is 12.6 Å². The van der Waals surface area contributed by atoms with Crippen LogP contribution in [0.5, 0.6) is 0 Å². The van der Waals surface area contributed by atoms with Gasteiger partial charge < -0.3 is 4.90 Å². The standard InChI is InChI=1S/C13H12F5NO/c1-6-4-2-3-5-19(6)13(20)7-8(14)10(16)12(18)11(17)9(7)15/h6H,2-5H2,1H3/t6-/m0/s1. The van der Waals surface area contributed by atoms with Gasteiger partial charge in [0.25, 0.3) is 5.91 Å². The first kappa shape index (κ1) is 14.7. The minimum absolute atomic E-state index is 0.236. The van der Waals surface area contributed by atoms with Gasteiger partial charge in [0.05, 0.1) is 0 Å². The van der Waals surface area contributed by atoms with Gasteiger partial charge in [-0.05, 0) is 26.2 Å². The summed E-state index contributed by atoms with van der Waals surface area (Å²) in [6.07, 6.45) is 2.11. The number of likely N-dealkylation sites (tertiary alicyclic amines) is 1. The molecule has 1 aliphatic rings. The summed E-state index contributed by atoms with van der Waals surface area (Å²) in [5.41, 5.74) is -1.38. The lowest BCUT2D eigenvalue weighted by molar-refractivity contribution is 0.0622. The zero-order valence-electron chi connectivity index (χ0n) is 10.7. The maximum atomic E-state index is 13.6. The van der Waals surface area contributed by atoms with E-state index in [0.717, 1.165) is 11.3 Å². The molecule has 2 rings (SSSR count). The van der Waals surface area contributed by atoms with Crippen LogP contribution in [0, 0.1) is 29.1 Å². The molecule has 1 heterocycles. The molecule has 0 spiro atoms. The topological polar surface area (TPSA) is 20.3 Å². The first-order valence-electron chi connectivity index (χ1n) is 6.18. The fraction of sp³-hybridized carbons (Fsp3) is 0.462. The molecule has 110 valence electrons. The highest BCUT2D eigenvalue weighted by Crippen LogP contribution is 2.26. The van der Waals surface area contributed by atoms with Gasteiger partial charge in [0.1, 0.15) is 5.56 Å². The van der Waals surface area contributed by atoms with E-state index in [1.54, 1.807) is 6.92 Å². The Bertz CT molecular complexity index is 531. The number of rotatable bonds is 1. The molecular weight excluding hydrogens is 281 g/mol. The molecule has 0 aromatic heterocycles. The SMILES string of the molecule is C[C@H]1CCCCN1C(=O)c1c(F)c(F)c(F)c(F)c1F. The van der Waals surface area contributed by atoms with E-state index in [2.05, 4.69) is 0 Å². The van der Waals surface area contributed by atoms with Gasteiger partial charge in [-0.25, -0.2) is 22.0 Å². The number of carbonyl (C=O) groups excluding carboxylic acids is 1. The largest absolute Gasteiger partial charge is 0.336 e. The van der Waals surface area contributed by atoms with Gasteiger partial charge in [0, 0.05) is 12.6 Å². The van der Waals surface area contributed by atoms with Crippen molar-refractivity contribution >= 4 is 5.91 Å². The highest BCUT2D eigenvalue weighted by molar-refractivity contribution is 5.95. The number of benzene rings is 1. The van der Waals surface area contributed by atoms with Crippen LogP contribution >= 0.6 is 0 Å². The quantitative estimate of drug-likeness (QED) is 0.441. The maximum absolute atomic E-state index is 13.6. The molecule has 0 radical (unpaired) electrons. The monoisotopic (exact) mass is 293 g/mol. The van der Waals surface area contributed by atoms with Gasteiger partial charge in [-0.1, -0.05) is 0 Å². The third-order valence-corrected chi connectivity index (χ3v) is 3.49. The van der Waals surface area contributed by atoms with E-state index in [1.165, 1.54) is 0 Å². The normalized spacial score (nSPS) is 19.3. The average molecular weight is 293 g/mol. The third kappa shape index (κ3) is 2.25. The van der Waals surface area contributed by atoms with Crippen LogP contribution in [0.2, 0.25) is 0 Å². The lowest BCUT2D eigenvalue weighted by Gasteiger charge is -2.33. The summed E-state index contributed by atoms with van der Waals surface area (Å²) in [6, 6.07) is -0.300. The van der Waals surface area contributed by atoms with E-state index >= 15 is 0 Å². The Hall–Kier alpha value is -1.66. The van der Waals surface area contributed by atoms with Gasteiger partial charge >= 0.3 is 0 Å². The number of hydrogen-bond acceptors (Lipinski definition) is 1. The molecule has 1 aromatic carbocycles. The second-order valence-electron chi connectivity index (χ2n) is 4.79. The fourth-order valence-corrected chi connectivity index (χ4v) is 2.34. The number of hydrogen-bond donors (Lipinski definition) is 0. The summed E-state index contributed by atoms with van der Waals surface area (Å²) in [6.45, 7) is 1.91. The second-order valence-corrected chi connectivity index (χ2v) is 4.79. The van der Waals surface area contributed by atoms with Gasteiger partial charge in [0.2, 0.25) is 5.82 Å². The highest BCUT2D eigenvalue weighted by Gasteiger charge is 2.34. The van der Waals surface area contributed by atoms with E-state index in [4.69, 9.17) is 0 Å². The van der Waals surface area contributed by atoms with E-state index in [9.17, 15) is 26.7 Å². The average Bonchev–Trinajstić information content (AvgIpc) is 2.43. The first-order chi connectivity index (χ1) is 9.36. The summed E-state index contributed by atoms with van der Waals surface area (Å²) in [5.74, 6) is -11.8. The minimum atomic E-state index is -2.26. The van der Waals surface area contributed by atoms with Crippen LogP contribution in [0.15, 0.2) is 0 Å². The molecule has 2 nitrogen and oxygen atoms in total. The summed E-state index contributed by atoms with van der Waals surface area (Å²) in [5, 5.41) is 0. The van der Waals surface area contributed by atoms with Crippen LogP contribution in [0.4, 0.5) is 22.0 Å². The predicted molar refractivity (Wildman–Crippen MR) is 60.6 cm³/mol. The Balaban J connectivity index is 2.49. The molecule has 1 atom stereocenters. The number of piperidine rings is 1. The zero-order chi connectivity index (χ0) is 15.0. The van der Waals surface area contributed by atoms with Crippen molar-refractivity contribution < 1.29 is 26.7 Å². The molecule has 1 amide bonds. The van der Waals surface area contributed by atoms with Crippen molar-refractivity contribution in [2.24, 2.45) is 0 Å². The molecule has 0 saturated carbocycles. The molecule has 0 bridgehead atoms. The minimum Gasteiger partial charge on any atom is -0.336 e. The maximum Gasteiger partial charge on any atom is 0.260 e. The van der Waals surface area contributed by atoms with E-state index < -0.39 is 40.6 Å². The number of halogens is 5. The fourth-order valence-electron chi connectivity index (χ4n) is 2.34. The van der Waals surface area contributed by atoms with Crippen molar-refractivity contribution in [3.63, 3.8) is 0 Å². The van der Waals surface area contributed by atoms with Crippen LogP contribution in [0.3, 0.4) is 0 Å². The van der Waals surface area contributed by atoms with Crippen molar-refractivity contribution in [2.75, 3.05) is 6.54 Å². The van der Waals surface area contributed by atoms with Crippen molar-refractivity contribution in [1.82, 2.24) is 4.90 Å². The van der Waals surface area contributed by atoms with Crippen LogP contribution in [0.25, 0.3) is 0 Å². The highest BCUT2D eigenvalue weighted by atomic mass is 19.2. The van der Waals surface area contributed by atoms with Crippen LogP contribution in [0.1, 0.15) is 36.5 Å².